The lowest BCUT2D eigenvalue weighted by atomic mass is 10.2. The zero-order chi connectivity index (χ0) is 11.6. The van der Waals surface area contributed by atoms with Crippen LogP contribution in [0.2, 0.25) is 0 Å². The molecule has 0 amide bonds. The maximum atomic E-state index is 11.2. The highest BCUT2D eigenvalue weighted by atomic mass is 79.9. The van der Waals surface area contributed by atoms with Crippen molar-refractivity contribution in [3.63, 3.8) is 0 Å². The predicted molar refractivity (Wildman–Crippen MR) is 66.0 cm³/mol. The van der Waals surface area contributed by atoms with Crippen molar-refractivity contribution in [2.45, 2.75) is 24.7 Å². The number of hydrogen-bond donors (Lipinski definition) is 1. The molecule has 2 atom stereocenters. The highest BCUT2D eigenvalue weighted by molar-refractivity contribution is 9.11. The van der Waals surface area contributed by atoms with E-state index in [0.717, 1.165) is 14.9 Å². The van der Waals surface area contributed by atoms with Crippen LogP contribution in [-0.4, -0.2) is 31.1 Å². The van der Waals surface area contributed by atoms with Crippen LogP contribution in [0.1, 0.15) is 11.8 Å². The van der Waals surface area contributed by atoms with Crippen molar-refractivity contribution in [2.75, 3.05) is 6.26 Å². The first-order chi connectivity index (χ1) is 6.80. The molecule has 0 spiro atoms. The number of aliphatic hydroxyl groups excluding tert-OH is 1. The van der Waals surface area contributed by atoms with E-state index in [1.165, 1.54) is 18.3 Å². The SMILES string of the molecule is CC(C(O)Cc1ccc(Br)s1)S(C)(=O)=O. The molecule has 0 saturated heterocycles. The van der Waals surface area contributed by atoms with E-state index in [2.05, 4.69) is 15.9 Å². The number of thiophene rings is 1. The fraction of sp³-hybridized carbons (Fsp3) is 0.556. The molecule has 0 fully saturated rings. The Morgan fingerprint density at radius 1 is 1.53 bits per heavy atom. The maximum Gasteiger partial charge on any atom is 0.152 e. The van der Waals surface area contributed by atoms with E-state index >= 15 is 0 Å². The molecule has 86 valence electrons. The first-order valence-corrected chi connectivity index (χ1v) is 7.98. The van der Waals surface area contributed by atoms with Gasteiger partial charge >= 0.3 is 0 Å². The topological polar surface area (TPSA) is 54.4 Å². The second-order valence-electron chi connectivity index (χ2n) is 3.51. The van der Waals surface area contributed by atoms with Gasteiger partial charge in [-0.25, -0.2) is 8.42 Å². The fourth-order valence-electron chi connectivity index (χ4n) is 1.12. The van der Waals surface area contributed by atoms with E-state index in [4.69, 9.17) is 0 Å². The van der Waals surface area contributed by atoms with Crippen molar-refractivity contribution >= 4 is 37.1 Å². The number of halogens is 1. The van der Waals surface area contributed by atoms with Crippen LogP contribution >= 0.6 is 27.3 Å². The molecule has 1 aromatic heterocycles. The lowest BCUT2D eigenvalue weighted by molar-refractivity contribution is 0.174. The fourth-order valence-corrected chi connectivity index (χ4v) is 3.32. The van der Waals surface area contributed by atoms with E-state index in [-0.39, 0.29) is 0 Å². The van der Waals surface area contributed by atoms with Crippen molar-refractivity contribution in [3.8, 4) is 0 Å². The maximum absolute atomic E-state index is 11.2. The highest BCUT2D eigenvalue weighted by Gasteiger charge is 2.24. The molecule has 3 nitrogen and oxygen atoms in total. The number of hydrogen-bond acceptors (Lipinski definition) is 4. The van der Waals surface area contributed by atoms with Crippen LogP contribution in [0.3, 0.4) is 0 Å². The molecule has 1 aromatic rings. The van der Waals surface area contributed by atoms with Crippen molar-refractivity contribution in [2.24, 2.45) is 0 Å². The van der Waals surface area contributed by atoms with Crippen LogP contribution in [0.5, 0.6) is 0 Å². The van der Waals surface area contributed by atoms with Gasteiger partial charge in [-0.3, -0.25) is 0 Å². The quantitative estimate of drug-likeness (QED) is 0.923. The molecule has 1 N–H and O–H groups in total. The molecule has 2 unspecified atom stereocenters. The molecule has 1 rings (SSSR count). The third kappa shape index (κ3) is 3.86. The normalized spacial score (nSPS) is 16.3. The van der Waals surface area contributed by atoms with Gasteiger partial charge in [0.05, 0.1) is 15.1 Å². The van der Waals surface area contributed by atoms with Gasteiger partial charge in [0.1, 0.15) is 0 Å². The van der Waals surface area contributed by atoms with E-state index in [1.807, 2.05) is 12.1 Å². The molecule has 15 heavy (non-hydrogen) atoms. The second kappa shape index (κ2) is 4.95. The average molecular weight is 313 g/mol. The second-order valence-corrected chi connectivity index (χ2v) is 8.46. The Kier molecular flexibility index (Phi) is 4.34. The Hall–Kier alpha value is 0.0900. The van der Waals surface area contributed by atoms with Crippen LogP contribution < -0.4 is 0 Å². The third-order valence-electron chi connectivity index (χ3n) is 2.26. The average Bonchev–Trinajstić information content (AvgIpc) is 2.48. The van der Waals surface area contributed by atoms with Crippen LogP contribution in [0, 0.1) is 0 Å². The minimum atomic E-state index is -3.17. The Labute approximate surface area is 102 Å². The minimum Gasteiger partial charge on any atom is -0.391 e. The highest BCUT2D eigenvalue weighted by Crippen LogP contribution is 2.24. The third-order valence-corrected chi connectivity index (χ3v) is 5.57. The van der Waals surface area contributed by atoms with Gasteiger partial charge in [0.15, 0.2) is 9.84 Å². The van der Waals surface area contributed by atoms with Crippen molar-refractivity contribution < 1.29 is 13.5 Å². The summed E-state index contributed by atoms with van der Waals surface area (Å²) in [4.78, 5) is 0.977. The van der Waals surface area contributed by atoms with Crippen molar-refractivity contribution in [3.05, 3.63) is 20.8 Å². The van der Waals surface area contributed by atoms with Crippen molar-refractivity contribution in [1.82, 2.24) is 0 Å². The zero-order valence-corrected chi connectivity index (χ0v) is 11.7. The molecule has 1 heterocycles. The zero-order valence-electron chi connectivity index (χ0n) is 8.47. The molecule has 0 aromatic carbocycles. The predicted octanol–water partition coefficient (Wildman–Crippen LogP) is 1.85. The Morgan fingerprint density at radius 2 is 2.13 bits per heavy atom. The summed E-state index contributed by atoms with van der Waals surface area (Å²) < 4.78 is 23.4. The van der Waals surface area contributed by atoms with E-state index in [1.54, 1.807) is 0 Å². The van der Waals surface area contributed by atoms with Gasteiger partial charge < -0.3 is 5.11 Å². The number of rotatable bonds is 4. The smallest absolute Gasteiger partial charge is 0.152 e. The van der Waals surface area contributed by atoms with Crippen molar-refractivity contribution in [1.29, 1.82) is 0 Å². The molecule has 0 aliphatic heterocycles. The first kappa shape index (κ1) is 13.2. The molecule has 6 heteroatoms. The summed E-state index contributed by atoms with van der Waals surface area (Å²) in [5.41, 5.74) is 0. The Balaban J connectivity index is 2.68. The minimum absolute atomic E-state index is 0.379. The van der Waals surface area contributed by atoms with E-state index in [9.17, 15) is 13.5 Å². The van der Waals surface area contributed by atoms with Gasteiger partial charge in [-0.1, -0.05) is 0 Å². The molecule has 0 aliphatic carbocycles. The summed E-state index contributed by atoms with van der Waals surface area (Å²) in [6.07, 6.45) is 0.681. The van der Waals surface area contributed by atoms with Gasteiger partial charge in [-0.15, -0.1) is 11.3 Å². The molecule has 0 bridgehead atoms. The number of sulfone groups is 1. The molecule has 0 saturated carbocycles. The van der Waals surface area contributed by atoms with E-state index in [0.29, 0.717) is 6.42 Å². The Bertz CT molecular complexity index is 424. The summed E-state index contributed by atoms with van der Waals surface area (Å²) in [6, 6.07) is 3.77. The lowest BCUT2D eigenvalue weighted by Crippen LogP contribution is -2.32. The molecular formula is C9H13BrO3S2. The first-order valence-electron chi connectivity index (χ1n) is 4.42. The van der Waals surface area contributed by atoms with Gasteiger partial charge in [-0.2, -0.15) is 0 Å². The largest absolute Gasteiger partial charge is 0.391 e. The molecular weight excluding hydrogens is 300 g/mol. The van der Waals surface area contributed by atoms with Gasteiger partial charge in [-0.05, 0) is 35.0 Å². The summed E-state index contributed by atoms with van der Waals surface area (Å²) in [6.45, 7) is 1.53. The van der Waals surface area contributed by atoms with Crippen LogP contribution in [0.4, 0.5) is 0 Å². The van der Waals surface area contributed by atoms with Gasteiger partial charge in [0.2, 0.25) is 0 Å². The molecule has 0 aliphatic rings. The van der Waals surface area contributed by atoms with E-state index < -0.39 is 21.2 Å². The van der Waals surface area contributed by atoms with Crippen LogP contribution in [0.15, 0.2) is 15.9 Å². The summed E-state index contributed by atoms with van der Waals surface area (Å²) in [5.74, 6) is 0. The summed E-state index contributed by atoms with van der Waals surface area (Å²) in [5, 5.41) is 9.00. The summed E-state index contributed by atoms with van der Waals surface area (Å²) >= 11 is 4.82. The standard InChI is InChI=1S/C9H13BrO3S2/c1-6(15(2,12)13)8(11)5-7-3-4-9(10)14-7/h3-4,6,8,11H,5H2,1-2H3. The van der Waals surface area contributed by atoms with Gasteiger partial charge in [0.25, 0.3) is 0 Å². The van der Waals surface area contributed by atoms with Crippen LogP contribution in [0.25, 0.3) is 0 Å². The Morgan fingerprint density at radius 3 is 2.53 bits per heavy atom. The number of aliphatic hydroxyl groups is 1. The summed E-state index contributed by atoms with van der Waals surface area (Å²) in [7, 11) is -3.17. The van der Waals surface area contributed by atoms with Crippen LogP contribution in [-0.2, 0) is 16.3 Å². The lowest BCUT2D eigenvalue weighted by Gasteiger charge is -2.15. The molecule has 0 radical (unpaired) electrons. The van der Waals surface area contributed by atoms with Gasteiger partial charge in [0, 0.05) is 17.6 Å². The monoisotopic (exact) mass is 312 g/mol.